The van der Waals surface area contributed by atoms with Crippen molar-refractivity contribution in [2.45, 2.75) is 0 Å². The molecule has 268 valence electrons. The van der Waals surface area contributed by atoms with Crippen LogP contribution in [0.2, 0.25) is 0 Å². The molecule has 3 aromatic heterocycles. The fourth-order valence-corrected chi connectivity index (χ4v) is 9.95. The van der Waals surface area contributed by atoms with Gasteiger partial charge in [-0.1, -0.05) is 133 Å². The van der Waals surface area contributed by atoms with Crippen LogP contribution in [0, 0.1) is 0 Å². The summed E-state index contributed by atoms with van der Waals surface area (Å²) in [6.07, 6.45) is 0. The van der Waals surface area contributed by atoms with E-state index in [0.717, 1.165) is 28.1 Å². The van der Waals surface area contributed by atoms with E-state index in [1.807, 2.05) is 0 Å². The van der Waals surface area contributed by atoms with Gasteiger partial charge in [0.05, 0.1) is 33.3 Å². The van der Waals surface area contributed by atoms with E-state index in [1.54, 1.807) is 0 Å². The molecule has 58 heavy (non-hydrogen) atoms. The normalized spacial score (nSPS) is 12.1. The molecule has 0 amide bonds. The fourth-order valence-electron chi connectivity index (χ4n) is 9.95. The third kappa shape index (κ3) is 4.36. The average molecular weight is 736 g/mol. The van der Waals surface area contributed by atoms with Crippen LogP contribution < -0.4 is 0 Å². The molecule has 0 fully saturated rings. The van der Waals surface area contributed by atoms with Crippen LogP contribution in [-0.2, 0) is 0 Å². The van der Waals surface area contributed by atoms with Gasteiger partial charge in [-0.25, -0.2) is 4.98 Å². The number of hydrogen-bond donors (Lipinski definition) is 0. The first-order valence-corrected chi connectivity index (χ1v) is 20.0. The average Bonchev–Trinajstić information content (AvgIpc) is 3.93. The Labute approximate surface area is 334 Å². The molecule has 0 saturated carbocycles. The van der Waals surface area contributed by atoms with Gasteiger partial charge in [0, 0.05) is 43.9 Å². The predicted molar refractivity (Wildman–Crippen MR) is 243 cm³/mol. The van der Waals surface area contributed by atoms with E-state index in [-0.39, 0.29) is 0 Å². The van der Waals surface area contributed by atoms with Gasteiger partial charge < -0.3 is 9.13 Å². The highest BCUT2D eigenvalue weighted by molar-refractivity contribution is 6.24. The van der Waals surface area contributed by atoms with Crippen molar-refractivity contribution in [3.8, 4) is 56.0 Å². The number of nitrogens with zero attached hydrogens (tertiary/aromatic N) is 3. The molecule has 0 saturated heterocycles. The minimum absolute atomic E-state index is 0.991. The van der Waals surface area contributed by atoms with Crippen molar-refractivity contribution >= 4 is 65.3 Å². The summed E-state index contributed by atoms with van der Waals surface area (Å²) in [6, 6.07) is 73.1. The molecule has 13 rings (SSSR count). The zero-order valence-corrected chi connectivity index (χ0v) is 31.4. The van der Waals surface area contributed by atoms with E-state index in [9.17, 15) is 0 Å². The van der Waals surface area contributed by atoms with Gasteiger partial charge in [0.2, 0.25) is 0 Å². The van der Waals surface area contributed by atoms with E-state index < -0.39 is 0 Å². The Morgan fingerprint density at radius 3 is 1.69 bits per heavy atom. The van der Waals surface area contributed by atoms with E-state index in [1.165, 1.54) is 93.2 Å². The summed E-state index contributed by atoms with van der Waals surface area (Å²) in [5, 5.41) is 8.80. The van der Waals surface area contributed by atoms with Crippen molar-refractivity contribution in [1.82, 2.24) is 14.1 Å². The number of aromatic nitrogens is 3. The van der Waals surface area contributed by atoms with Gasteiger partial charge in [-0.3, -0.25) is 0 Å². The maximum Gasteiger partial charge on any atom is 0.0722 e. The summed E-state index contributed by atoms with van der Waals surface area (Å²) < 4.78 is 4.83. The number of para-hydroxylation sites is 3. The molecule has 1 aliphatic carbocycles. The summed E-state index contributed by atoms with van der Waals surface area (Å²) in [6.45, 7) is 0. The monoisotopic (exact) mass is 735 g/mol. The molecular weight excluding hydrogens is 703 g/mol. The first kappa shape index (κ1) is 31.5. The van der Waals surface area contributed by atoms with Gasteiger partial charge >= 0.3 is 0 Å². The Morgan fingerprint density at radius 1 is 0.293 bits per heavy atom. The first-order valence-electron chi connectivity index (χ1n) is 20.0. The highest BCUT2D eigenvalue weighted by Crippen LogP contribution is 2.48. The van der Waals surface area contributed by atoms with Crippen LogP contribution in [-0.4, -0.2) is 14.1 Å². The molecule has 3 nitrogen and oxygen atoms in total. The van der Waals surface area contributed by atoms with Gasteiger partial charge in [-0.05, 0) is 111 Å². The number of pyridine rings is 1. The first-order chi connectivity index (χ1) is 28.8. The maximum absolute atomic E-state index is 5.19. The fraction of sp³-hybridized carbons (Fsp3) is 0. The Morgan fingerprint density at radius 2 is 0.879 bits per heavy atom. The molecule has 0 radical (unpaired) electrons. The SMILES string of the molecule is c1ccc(-n2c3ccccc3c3c4ccccc4c(-c4ccc5c(c4)c4ccccc4n5-c4ccc(-c5cc6c7c(cccc7n5)-c5ccccc5-6)cc4)cc32)cc1. The van der Waals surface area contributed by atoms with Crippen LogP contribution in [0.15, 0.2) is 200 Å². The number of fused-ring (bicyclic) bond motifs is 11. The Balaban J connectivity index is 0.976. The molecule has 0 spiro atoms. The summed E-state index contributed by atoms with van der Waals surface area (Å²) in [5.74, 6) is 0. The summed E-state index contributed by atoms with van der Waals surface area (Å²) in [5.41, 5.74) is 17.8. The highest BCUT2D eigenvalue weighted by Gasteiger charge is 2.23. The van der Waals surface area contributed by atoms with Crippen LogP contribution in [0.1, 0.15) is 0 Å². The lowest BCUT2D eigenvalue weighted by Gasteiger charge is -2.13. The lowest BCUT2D eigenvalue weighted by molar-refractivity contribution is 1.18. The molecule has 0 atom stereocenters. The lowest BCUT2D eigenvalue weighted by Crippen LogP contribution is -1.95. The van der Waals surface area contributed by atoms with Crippen molar-refractivity contribution in [3.63, 3.8) is 0 Å². The van der Waals surface area contributed by atoms with Gasteiger partial charge in [-0.15, -0.1) is 0 Å². The van der Waals surface area contributed by atoms with Crippen LogP contribution in [0.5, 0.6) is 0 Å². The second-order valence-corrected chi connectivity index (χ2v) is 15.5. The van der Waals surface area contributed by atoms with Crippen molar-refractivity contribution in [2.75, 3.05) is 0 Å². The Kier molecular flexibility index (Phi) is 6.44. The predicted octanol–water partition coefficient (Wildman–Crippen LogP) is 14.6. The quantitative estimate of drug-likeness (QED) is 0.176. The maximum atomic E-state index is 5.19. The van der Waals surface area contributed by atoms with Gasteiger partial charge in [0.1, 0.15) is 0 Å². The van der Waals surface area contributed by atoms with Crippen molar-refractivity contribution < 1.29 is 0 Å². The molecular formula is C55H33N3. The van der Waals surface area contributed by atoms with Crippen LogP contribution in [0.25, 0.3) is 121 Å². The number of hydrogen-bond acceptors (Lipinski definition) is 1. The van der Waals surface area contributed by atoms with E-state index in [0.29, 0.717) is 0 Å². The van der Waals surface area contributed by atoms with Crippen molar-refractivity contribution in [1.29, 1.82) is 0 Å². The van der Waals surface area contributed by atoms with Gasteiger partial charge in [-0.2, -0.15) is 0 Å². The summed E-state index contributed by atoms with van der Waals surface area (Å²) >= 11 is 0. The highest BCUT2D eigenvalue weighted by atomic mass is 15.0. The summed E-state index contributed by atoms with van der Waals surface area (Å²) in [7, 11) is 0. The lowest BCUT2D eigenvalue weighted by atomic mass is 9.94. The topological polar surface area (TPSA) is 22.8 Å². The molecule has 1 aliphatic rings. The minimum atomic E-state index is 0.991. The zero-order chi connectivity index (χ0) is 37.9. The standard InChI is InChI=1S/C55H33N3/c1-2-13-36(14-3-1)58-51-24-11-9-20-44(51)55-43-19-7-6-17-40(43)45(33-53(55)58)35-27-30-52-46(31-35)41-18-8-10-23-50(41)57(52)37-28-25-34(26-29-37)49-32-47-39-16-5-4-15-38(39)42-21-12-22-48(56-49)54(42)47/h1-33H. The Bertz CT molecular complexity index is 3660. The third-order valence-corrected chi connectivity index (χ3v) is 12.4. The number of rotatable bonds is 4. The molecule has 0 unspecified atom stereocenters. The molecule has 0 aliphatic heterocycles. The third-order valence-electron chi connectivity index (χ3n) is 12.4. The molecule has 9 aromatic carbocycles. The van der Waals surface area contributed by atoms with E-state index in [2.05, 4.69) is 209 Å². The minimum Gasteiger partial charge on any atom is -0.309 e. The van der Waals surface area contributed by atoms with Crippen molar-refractivity contribution in [3.05, 3.63) is 200 Å². The Hall–Kier alpha value is -7.75. The number of benzene rings is 9. The zero-order valence-electron chi connectivity index (χ0n) is 31.4. The van der Waals surface area contributed by atoms with Crippen LogP contribution in [0.3, 0.4) is 0 Å². The molecule has 0 bridgehead atoms. The van der Waals surface area contributed by atoms with Crippen LogP contribution in [0.4, 0.5) is 0 Å². The second kappa shape index (κ2) is 11.9. The molecule has 0 N–H and O–H groups in total. The summed E-state index contributed by atoms with van der Waals surface area (Å²) in [4.78, 5) is 5.19. The molecule has 12 aromatic rings. The smallest absolute Gasteiger partial charge is 0.0722 e. The largest absolute Gasteiger partial charge is 0.309 e. The molecule has 3 heterocycles. The van der Waals surface area contributed by atoms with Crippen molar-refractivity contribution in [2.24, 2.45) is 0 Å². The van der Waals surface area contributed by atoms with E-state index in [4.69, 9.17) is 4.98 Å². The van der Waals surface area contributed by atoms with Gasteiger partial charge in [0.25, 0.3) is 0 Å². The second-order valence-electron chi connectivity index (χ2n) is 15.5. The van der Waals surface area contributed by atoms with Gasteiger partial charge in [0.15, 0.2) is 0 Å². The van der Waals surface area contributed by atoms with Crippen LogP contribution >= 0.6 is 0 Å². The molecule has 3 heteroatoms. The van der Waals surface area contributed by atoms with E-state index >= 15 is 0 Å².